The van der Waals surface area contributed by atoms with E-state index in [9.17, 15) is 19.3 Å². The van der Waals surface area contributed by atoms with Gasteiger partial charge in [0.1, 0.15) is 5.65 Å². The molecule has 0 radical (unpaired) electrons. The number of nitro groups is 1. The van der Waals surface area contributed by atoms with Crippen molar-refractivity contribution < 1.29 is 14.1 Å². The van der Waals surface area contributed by atoms with Crippen LogP contribution in [0.25, 0.3) is 11.0 Å². The predicted octanol–water partition coefficient (Wildman–Crippen LogP) is 3.60. The van der Waals surface area contributed by atoms with Crippen LogP contribution >= 0.6 is 15.9 Å². The molecule has 0 aliphatic heterocycles. The molecule has 0 aliphatic rings. The molecule has 0 spiro atoms. The molecule has 2 aromatic heterocycles. The Morgan fingerprint density at radius 2 is 2.14 bits per heavy atom. The fourth-order valence-corrected chi connectivity index (χ4v) is 2.48. The van der Waals surface area contributed by atoms with Gasteiger partial charge in [-0.15, -0.1) is 0 Å². The van der Waals surface area contributed by atoms with Crippen molar-refractivity contribution in [3.05, 3.63) is 68.2 Å². The second-order valence-corrected chi connectivity index (χ2v) is 5.39. The lowest BCUT2D eigenvalue weighted by atomic mass is 10.0. The number of halogens is 2. The van der Waals surface area contributed by atoms with Gasteiger partial charge in [0.2, 0.25) is 5.82 Å². The van der Waals surface area contributed by atoms with E-state index in [0.717, 1.165) is 6.07 Å². The Balaban J connectivity index is 2.16. The van der Waals surface area contributed by atoms with Crippen LogP contribution in [0.2, 0.25) is 0 Å². The van der Waals surface area contributed by atoms with E-state index in [1.54, 1.807) is 12.3 Å². The fourth-order valence-electron chi connectivity index (χ4n) is 2.15. The van der Waals surface area contributed by atoms with Crippen molar-refractivity contribution in [3.63, 3.8) is 0 Å². The van der Waals surface area contributed by atoms with E-state index in [1.807, 2.05) is 0 Å². The maximum absolute atomic E-state index is 14.1. The number of hydrogen-bond acceptors (Lipinski definition) is 4. The van der Waals surface area contributed by atoms with Gasteiger partial charge in [-0.25, -0.2) is 4.98 Å². The number of H-pyrrole nitrogens is 1. The smallest absolute Gasteiger partial charge is 0.305 e. The first-order valence-electron chi connectivity index (χ1n) is 6.09. The maximum Gasteiger partial charge on any atom is 0.305 e. The van der Waals surface area contributed by atoms with Crippen molar-refractivity contribution in [1.29, 1.82) is 0 Å². The number of nitro benzene ring substituents is 1. The molecule has 1 aromatic carbocycles. The molecule has 3 rings (SSSR count). The van der Waals surface area contributed by atoms with Gasteiger partial charge in [0.05, 0.1) is 10.5 Å². The summed E-state index contributed by atoms with van der Waals surface area (Å²) in [5.41, 5.74) is -0.416. The third kappa shape index (κ3) is 2.27. The second-order valence-electron chi connectivity index (χ2n) is 4.48. The standard InChI is InChI=1S/C14H7BrFN3O3/c15-7-4-9-10(6-18-14(9)17-5-7)13(20)8-2-1-3-11(12(8)16)19(21)22/h1-6H,(H,17,18). The van der Waals surface area contributed by atoms with Crippen LogP contribution in [-0.2, 0) is 0 Å². The highest BCUT2D eigenvalue weighted by Gasteiger charge is 2.24. The molecule has 0 amide bonds. The van der Waals surface area contributed by atoms with E-state index in [-0.39, 0.29) is 11.1 Å². The average Bonchev–Trinajstić information content (AvgIpc) is 2.89. The average molecular weight is 364 g/mol. The minimum atomic E-state index is -1.14. The predicted molar refractivity (Wildman–Crippen MR) is 80.3 cm³/mol. The SMILES string of the molecule is O=C(c1cccc([N+](=O)[O-])c1F)c1c[nH]c2ncc(Br)cc12. The normalized spacial score (nSPS) is 10.8. The molecule has 0 saturated carbocycles. The molecule has 0 fully saturated rings. The van der Waals surface area contributed by atoms with Gasteiger partial charge >= 0.3 is 5.69 Å². The molecule has 0 unspecified atom stereocenters. The Labute approximate surface area is 131 Å². The third-order valence-corrected chi connectivity index (χ3v) is 3.60. The summed E-state index contributed by atoms with van der Waals surface area (Å²) in [5.74, 6) is -1.79. The van der Waals surface area contributed by atoms with Gasteiger partial charge in [0.15, 0.2) is 5.78 Å². The molecule has 110 valence electrons. The van der Waals surface area contributed by atoms with Crippen LogP contribution in [0.3, 0.4) is 0 Å². The molecule has 3 aromatic rings. The Bertz CT molecular complexity index is 923. The van der Waals surface area contributed by atoms with E-state index in [0.29, 0.717) is 15.5 Å². The van der Waals surface area contributed by atoms with Crippen LogP contribution in [0, 0.1) is 15.9 Å². The lowest BCUT2D eigenvalue weighted by Crippen LogP contribution is -2.06. The van der Waals surface area contributed by atoms with Crippen molar-refractivity contribution in [2.75, 3.05) is 0 Å². The molecular formula is C14H7BrFN3O3. The summed E-state index contributed by atoms with van der Waals surface area (Å²) in [6, 6.07) is 5.17. The summed E-state index contributed by atoms with van der Waals surface area (Å²) >= 11 is 3.25. The highest BCUT2D eigenvalue weighted by Crippen LogP contribution is 2.26. The summed E-state index contributed by atoms with van der Waals surface area (Å²) in [4.78, 5) is 29.3. The van der Waals surface area contributed by atoms with E-state index < -0.39 is 22.2 Å². The van der Waals surface area contributed by atoms with Gasteiger partial charge in [-0.2, -0.15) is 4.39 Å². The van der Waals surface area contributed by atoms with E-state index >= 15 is 0 Å². The Morgan fingerprint density at radius 3 is 2.86 bits per heavy atom. The lowest BCUT2D eigenvalue weighted by Gasteiger charge is -2.02. The number of pyridine rings is 1. The highest BCUT2D eigenvalue weighted by atomic mass is 79.9. The van der Waals surface area contributed by atoms with Crippen molar-refractivity contribution >= 4 is 38.4 Å². The summed E-state index contributed by atoms with van der Waals surface area (Å²) in [7, 11) is 0. The van der Waals surface area contributed by atoms with Gasteiger partial charge in [0, 0.05) is 33.9 Å². The third-order valence-electron chi connectivity index (χ3n) is 3.16. The molecule has 1 N–H and O–H groups in total. The van der Waals surface area contributed by atoms with Gasteiger partial charge in [-0.1, -0.05) is 6.07 Å². The van der Waals surface area contributed by atoms with Crippen LogP contribution in [0.15, 0.2) is 41.1 Å². The van der Waals surface area contributed by atoms with Gasteiger partial charge in [-0.3, -0.25) is 14.9 Å². The molecule has 0 aliphatic carbocycles. The number of nitrogens with one attached hydrogen (secondary N) is 1. The summed E-state index contributed by atoms with van der Waals surface area (Å²) in [6.45, 7) is 0. The number of benzene rings is 1. The first-order valence-corrected chi connectivity index (χ1v) is 6.88. The molecule has 0 saturated heterocycles. The van der Waals surface area contributed by atoms with Crippen LogP contribution in [-0.4, -0.2) is 20.7 Å². The quantitative estimate of drug-likeness (QED) is 0.437. The van der Waals surface area contributed by atoms with E-state index in [1.165, 1.54) is 18.3 Å². The summed E-state index contributed by atoms with van der Waals surface area (Å²) in [5, 5.41) is 11.3. The fraction of sp³-hybridized carbons (Fsp3) is 0. The van der Waals surface area contributed by atoms with Crippen LogP contribution in [0.5, 0.6) is 0 Å². The zero-order valence-electron chi connectivity index (χ0n) is 10.8. The topological polar surface area (TPSA) is 88.9 Å². The molecule has 2 heterocycles. The number of carbonyl (C=O) groups excluding carboxylic acids is 1. The van der Waals surface area contributed by atoms with Crippen molar-refractivity contribution in [2.24, 2.45) is 0 Å². The highest BCUT2D eigenvalue weighted by molar-refractivity contribution is 9.10. The summed E-state index contributed by atoms with van der Waals surface area (Å²) < 4.78 is 14.8. The zero-order chi connectivity index (χ0) is 15.9. The minimum absolute atomic E-state index is 0.197. The molecule has 8 heteroatoms. The number of rotatable bonds is 3. The number of aromatic amines is 1. The number of nitrogens with zero attached hydrogens (tertiary/aromatic N) is 2. The van der Waals surface area contributed by atoms with Crippen molar-refractivity contribution in [3.8, 4) is 0 Å². The largest absolute Gasteiger partial charge is 0.345 e. The first-order chi connectivity index (χ1) is 10.5. The molecule has 0 atom stereocenters. The maximum atomic E-state index is 14.1. The van der Waals surface area contributed by atoms with Crippen molar-refractivity contribution in [2.45, 2.75) is 0 Å². The number of ketones is 1. The van der Waals surface area contributed by atoms with E-state index in [2.05, 4.69) is 25.9 Å². The first kappa shape index (κ1) is 14.3. The number of fused-ring (bicyclic) bond motifs is 1. The zero-order valence-corrected chi connectivity index (χ0v) is 12.4. The van der Waals surface area contributed by atoms with Crippen molar-refractivity contribution in [1.82, 2.24) is 9.97 Å². The molecule has 22 heavy (non-hydrogen) atoms. The Kier molecular flexibility index (Phi) is 3.45. The van der Waals surface area contributed by atoms with Gasteiger partial charge < -0.3 is 4.98 Å². The Morgan fingerprint density at radius 1 is 1.36 bits per heavy atom. The molecule has 0 bridgehead atoms. The number of aromatic nitrogens is 2. The van der Waals surface area contributed by atoms with Gasteiger partial charge in [0.25, 0.3) is 0 Å². The summed E-state index contributed by atoms with van der Waals surface area (Å²) in [6.07, 6.45) is 2.96. The lowest BCUT2D eigenvalue weighted by molar-refractivity contribution is -0.387. The Hall–Kier alpha value is -2.61. The van der Waals surface area contributed by atoms with Crippen LogP contribution in [0.1, 0.15) is 15.9 Å². The second kappa shape index (κ2) is 5.30. The molecule has 6 nitrogen and oxygen atoms in total. The monoisotopic (exact) mass is 363 g/mol. The van der Waals surface area contributed by atoms with E-state index in [4.69, 9.17) is 0 Å². The van der Waals surface area contributed by atoms with Crippen LogP contribution < -0.4 is 0 Å². The number of hydrogen-bond donors (Lipinski definition) is 1. The van der Waals surface area contributed by atoms with Crippen LogP contribution in [0.4, 0.5) is 10.1 Å². The number of carbonyl (C=O) groups is 1. The van der Waals surface area contributed by atoms with Gasteiger partial charge in [-0.05, 0) is 28.1 Å². The minimum Gasteiger partial charge on any atom is -0.345 e. The molecular weight excluding hydrogens is 357 g/mol.